The lowest BCUT2D eigenvalue weighted by Gasteiger charge is -1.96. The minimum Gasteiger partial charge on any atom is -0.356 e. The van der Waals surface area contributed by atoms with Gasteiger partial charge < -0.3 is 9.47 Å². The lowest BCUT2D eigenvalue weighted by Crippen LogP contribution is -2.15. The highest BCUT2D eigenvalue weighted by Crippen LogP contribution is 2.47. The molecule has 2 fully saturated rings. The average molecular weight is 345 g/mol. The number of rotatable bonds is 4. The van der Waals surface area contributed by atoms with E-state index >= 15 is 0 Å². The van der Waals surface area contributed by atoms with Crippen molar-refractivity contribution in [3.8, 4) is 0 Å². The predicted molar refractivity (Wildman–Crippen MR) is 80.8 cm³/mol. The average Bonchev–Trinajstić information content (AvgIpc) is 3.39. The minimum absolute atomic E-state index is 0.0498. The minimum atomic E-state index is -0.363. The predicted octanol–water partition coefficient (Wildman–Crippen LogP) is 3.60. The Morgan fingerprint density at radius 2 is 1.48 bits per heavy atom. The number of halogens is 1. The molecule has 2 aliphatic rings. The first kappa shape index (κ1) is 13.2. The van der Waals surface area contributed by atoms with E-state index < -0.39 is 0 Å². The Balaban J connectivity index is 1.42. The largest absolute Gasteiger partial charge is 0.356 e. The van der Waals surface area contributed by atoms with Gasteiger partial charge in [0.1, 0.15) is 24.4 Å². The molecule has 0 aromatic heterocycles. The van der Waals surface area contributed by atoms with Crippen molar-refractivity contribution < 1.29 is 14.3 Å². The Morgan fingerprint density at radius 3 is 2.14 bits per heavy atom. The van der Waals surface area contributed by atoms with Crippen LogP contribution in [0.2, 0.25) is 0 Å². The summed E-state index contributed by atoms with van der Waals surface area (Å²) in [5, 5.41) is 0. The fourth-order valence-corrected chi connectivity index (χ4v) is 3.07. The van der Waals surface area contributed by atoms with Crippen molar-refractivity contribution in [3.63, 3.8) is 0 Å². The van der Waals surface area contributed by atoms with E-state index in [-0.39, 0.29) is 30.2 Å². The van der Waals surface area contributed by atoms with E-state index in [4.69, 9.17) is 9.47 Å². The maximum absolute atomic E-state index is 12.4. The number of carbonyl (C=O) groups is 1. The van der Waals surface area contributed by atoms with Crippen LogP contribution in [-0.2, 0) is 14.3 Å². The number of hydrogen-bond donors (Lipinski definition) is 0. The van der Waals surface area contributed by atoms with Gasteiger partial charge in [0.25, 0.3) is 0 Å². The van der Waals surface area contributed by atoms with E-state index in [1.807, 2.05) is 54.6 Å². The molecule has 0 amide bonds. The molecule has 2 aliphatic heterocycles. The molecule has 3 nitrogen and oxygen atoms in total. The standard InChI is InChI=1S/C17H13BrO3/c18-12-8-4-7-11(9-12)15-17(21-15)13(19)16-14(20-16)10-5-2-1-3-6-10/h1-9,14-17H/t14?,15-,16?,17+/m1/s1. The normalized spacial score (nSPS) is 30.0. The molecule has 0 saturated carbocycles. The molecule has 2 heterocycles. The van der Waals surface area contributed by atoms with Crippen LogP contribution in [0.5, 0.6) is 0 Å². The summed E-state index contributed by atoms with van der Waals surface area (Å²) in [6, 6.07) is 17.7. The number of epoxide rings is 2. The summed E-state index contributed by atoms with van der Waals surface area (Å²) in [5.74, 6) is 0.0498. The third-order valence-electron chi connectivity index (χ3n) is 3.85. The molecule has 0 spiro atoms. The molecule has 2 unspecified atom stereocenters. The number of carbonyl (C=O) groups excluding carboxylic acids is 1. The summed E-state index contributed by atoms with van der Waals surface area (Å²) in [5.41, 5.74) is 2.08. The Labute approximate surface area is 131 Å². The third kappa shape index (κ3) is 2.55. The number of ether oxygens (including phenoxy) is 2. The maximum Gasteiger partial charge on any atom is 0.196 e. The number of ketones is 1. The van der Waals surface area contributed by atoms with E-state index in [1.54, 1.807) is 0 Å². The Morgan fingerprint density at radius 1 is 0.857 bits per heavy atom. The van der Waals surface area contributed by atoms with Gasteiger partial charge in [-0.05, 0) is 23.3 Å². The van der Waals surface area contributed by atoms with Crippen LogP contribution in [0.15, 0.2) is 59.1 Å². The quantitative estimate of drug-likeness (QED) is 0.796. The van der Waals surface area contributed by atoms with E-state index in [9.17, 15) is 4.79 Å². The van der Waals surface area contributed by atoms with Gasteiger partial charge in [-0.15, -0.1) is 0 Å². The number of benzene rings is 2. The Hall–Kier alpha value is -1.49. The molecule has 0 N–H and O–H groups in total. The SMILES string of the molecule is O=C(C1OC1c1ccccc1)[C@@H]1O[C@@H]1c1cccc(Br)c1. The van der Waals surface area contributed by atoms with Gasteiger partial charge in [-0.1, -0.05) is 58.4 Å². The topological polar surface area (TPSA) is 42.1 Å². The van der Waals surface area contributed by atoms with Crippen LogP contribution < -0.4 is 0 Å². The van der Waals surface area contributed by atoms with Gasteiger partial charge in [0.15, 0.2) is 5.78 Å². The van der Waals surface area contributed by atoms with Crippen LogP contribution in [0.25, 0.3) is 0 Å². The van der Waals surface area contributed by atoms with E-state index in [1.165, 1.54) is 0 Å². The van der Waals surface area contributed by atoms with Crippen molar-refractivity contribution >= 4 is 21.7 Å². The highest BCUT2D eigenvalue weighted by Gasteiger charge is 2.56. The summed E-state index contributed by atoms with van der Waals surface area (Å²) in [4.78, 5) is 12.4. The number of hydrogen-bond acceptors (Lipinski definition) is 3. The monoisotopic (exact) mass is 344 g/mol. The zero-order chi connectivity index (χ0) is 14.4. The molecule has 4 atom stereocenters. The molecule has 0 aliphatic carbocycles. The van der Waals surface area contributed by atoms with Crippen molar-refractivity contribution in [3.05, 3.63) is 70.2 Å². The van der Waals surface area contributed by atoms with Crippen molar-refractivity contribution in [1.29, 1.82) is 0 Å². The van der Waals surface area contributed by atoms with Gasteiger partial charge in [0, 0.05) is 4.47 Å². The Bertz CT molecular complexity index is 685. The molecular formula is C17H13BrO3. The summed E-state index contributed by atoms with van der Waals surface area (Å²) >= 11 is 3.43. The maximum atomic E-state index is 12.4. The molecule has 2 saturated heterocycles. The molecule has 4 heteroatoms. The lowest BCUT2D eigenvalue weighted by atomic mass is 10.0. The first-order valence-electron chi connectivity index (χ1n) is 6.89. The van der Waals surface area contributed by atoms with Gasteiger partial charge >= 0.3 is 0 Å². The molecule has 21 heavy (non-hydrogen) atoms. The van der Waals surface area contributed by atoms with Crippen LogP contribution in [0, 0.1) is 0 Å². The third-order valence-corrected chi connectivity index (χ3v) is 4.34. The second-order valence-corrected chi connectivity index (χ2v) is 6.24. The molecule has 4 rings (SSSR count). The number of Topliss-reactive ketones (excluding diaryl/α,β-unsaturated/α-hetero) is 1. The zero-order valence-corrected chi connectivity index (χ0v) is 12.7. The second kappa shape index (κ2) is 5.05. The van der Waals surface area contributed by atoms with Crippen LogP contribution in [0.1, 0.15) is 23.3 Å². The van der Waals surface area contributed by atoms with E-state index in [0.717, 1.165) is 15.6 Å². The molecule has 2 aromatic carbocycles. The Kier molecular flexibility index (Phi) is 3.17. The van der Waals surface area contributed by atoms with Crippen LogP contribution in [0.3, 0.4) is 0 Å². The van der Waals surface area contributed by atoms with Crippen molar-refractivity contribution in [2.75, 3.05) is 0 Å². The lowest BCUT2D eigenvalue weighted by molar-refractivity contribution is -0.121. The van der Waals surface area contributed by atoms with Gasteiger partial charge in [-0.2, -0.15) is 0 Å². The summed E-state index contributed by atoms with van der Waals surface area (Å²) in [6.07, 6.45) is -0.950. The highest BCUT2D eigenvalue weighted by molar-refractivity contribution is 9.10. The molecule has 2 aromatic rings. The molecule has 106 valence electrons. The fraction of sp³-hybridized carbons (Fsp3) is 0.235. The van der Waals surface area contributed by atoms with Gasteiger partial charge in [-0.25, -0.2) is 0 Å². The summed E-state index contributed by atoms with van der Waals surface area (Å²) in [7, 11) is 0. The molecule has 0 radical (unpaired) electrons. The van der Waals surface area contributed by atoms with Gasteiger partial charge in [0.05, 0.1) is 0 Å². The van der Waals surface area contributed by atoms with E-state index in [2.05, 4.69) is 15.9 Å². The van der Waals surface area contributed by atoms with Crippen LogP contribution in [-0.4, -0.2) is 18.0 Å². The first-order chi connectivity index (χ1) is 10.2. The highest BCUT2D eigenvalue weighted by atomic mass is 79.9. The van der Waals surface area contributed by atoms with E-state index in [0.29, 0.717) is 0 Å². The van der Waals surface area contributed by atoms with Crippen molar-refractivity contribution in [2.45, 2.75) is 24.4 Å². The first-order valence-corrected chi connectivity index (χ1v) is 7.68. The summed E-state index contributed by atoms with van der Waals surface area (Å²) < 4.78 is 12.1. The molecular weight excluding hydrogens is 332 g/mol. The molecule has 0 bridgehead atoms. The van der Waals surface area contributed by atoms with Crippen molar-refractivity contribution in [1.82, 2.24) is 0 Å². The van der Waals surface area contributed by atoms with Gasteiger partial charge in [0.2, 0.25) is 0 Å². The smallest absolute Gasteiger partial charge is 0.196 e. The van der Waals surface area contributed by atoms with Crippen LogP contribution in [0.4, 0.5) is 0 Å². The summed E-state index contributed by atoms with van der Waals surface area (Å²) in [6.45, 7) is 0. The van der Waals surface area contributed by atoms with Crippen molar-refractivity contribution in [2.24, 2.45) is 0 Å². The zero-order valence-electron chi connectivity index (χ0n) is 11.1. The fourth-order valence-electron chi connectivity index (χ4n) is 2.65. The van der Waals surface area contributed by atoms with Crippen LogP contribution >= 0.6 is 15.9 Å². The second-order valence-electron chi connectivity index (χ2n) is 5.32. The van der Waals surface area contributed by atoms with Gasteiger partial charge in [-0.3, -0.25) is 4.79 Å².